The van der Waals surface area contributed by atoms with Crippen LogP contribution < -0.4 is 10.0 Å². The van der Waals surface area contributed by atoms with Crippen LogP contribution in [0.25, 0.3) is 0 Å². The Bertz CT molecular complexity index is 655. The van der Waals surface area contributed by atoms with Gasteiger partial charge in [-0.1, -0.05) is 6.92 Å². The molecule has 0 amide bonds. The van der Waals surface area contributed by atoms with Crippen LogP contribution in [0.15, 0.2) is 42.1 Å². The molecule has 0 bridgehead atoms. The Morgan fingerprint density at radius 3 is 2.86 bits per heavy atom. The van der Waals surface area contributed by atoms with E-state index in [0.29, 0.717) is 18.8 Å². The van der Waals surface area contributed by atoms with Crippen LogP contribution in [0, 0.1) is 0 Å². The molecule has 21 heavy (non-hydrogen) atoms. The number of pyridine rings is 1. The maximum absolute atomic E-state index is 12.3. The molecule has 2 rings (SSSR count). The summed E-state index contributed by atoms with van der Waals surface area (Å²) in [7, 11) is -3.63. The number of hydrogen-bond donors (Lipinski definition) is 2. The van der Waals surface area contributed by atoms with E-state index in [-0.39, 0.29) is 11.6 Å². The first kappa shape index (κ1) is 15.5. The Balaban J connectivity index is 2.04. The van der Waals surface area contributed by atoms with E-state index in [1.54, 1.807) is 35.4 Å². The van der Waals surface area contributed by atoms with E-state index >= 15 is 0 Å². The molecule has 0 unspecified atom stereocenters. The number of nitrogens with zero attached hydrogens (tertiary/aromatic N) is 3. The summed E-state index contributed by atoms with van der Waals surface area (Å²) in [4.78, 5) is 7.89. The van der Waals surface area contributed by atoms with Gasteiger partial charge < -0.3 is 9.88 Å². The van der Waals surface area contributed by atoms with Crippen LogP contribution in [-0.4, -0.2) is 36.0 Å². The number of rotatable bonds is 8. The summed E-state index contributed by atoms with van der Waals surface area (Å²) < 4.78 is 29.0. The van der Waals surface area contributed by atoms with Crippen molar-refractivity contribution in [1.82, 2.24) is 19.3 Å². The third-order valence-electron chi connectivity index (χ3n) is 2.81. The Kier molecular flexibility index (Phi) is 5.29. The van der Waals surface area contributed by atoms with Crippen molar-refractivity contribution in [3.63, 3.8) is 0 Å². The minimum absolute atomic E-state index is 0.0316. The molecule has 0 saturated carbocycles. The normalized spacial score (nSPS) is 11.5. The second-order valence-electron chi connectivity index (χ2n) is 4.48. The van der Waals surface area contributed by atoms with Crippen LogP contribution in [-0.2, 0) is 16.6 Å². The lowest BCUT2D eigenvalue weighted by Gasteiger charge is -2.11. The summed E-state index contributed by atoms with van der Waals surface area (Å²) >= 11 is 0. The third kappa shape index (κ3) is 4.27. The first-order valence-corrected chi connectivity index (χ1v) is 8.26. The highest BCUT2D eigenvalue weighted by Gasteiger charge is 2.19. The summed E-state index contributed by atoms with van der Waals surface area (Å²) in [5.74, 6) is 0. The standard InChI is InChI=1S/C13H19N5O2S/c1-2-5-15-12-4-3-6-16-13(12)21(19,20)17-8-10-18-9-7-14-11-18/h3-4,6-7,9,11,15,17H,2,5,8,10H2,1H3. The summed E-state index contributed by atoms with van der Waals surface area (Å²) in [6, 6.07) is 3.43. The Hall–Kier alpha value is -1.93. The smallest absolute Gasteiger partial charge is 0.260 e. The van der Waals surface area contributed by atoms with Gasteiger partial charge in [0.05, 0.1) is 12.0 Å². The third-order valence-corrected chi connectivity index (χ3v) is 4.23. The molecule has 2 aromatic rings. The summed E-state index contributed by atoms with van der Waals surface area (Å²) in [6.07, 6.45) is 7.45. The largest absolute Gasteiger partial charge is 0.383 e. The van der Waals surface area contributed by atoms with E-state index < -0.39 is 10.0 Å². The van der Waals surface area contributed by atoms with E-state index in [2.05, 4.69) is 20.0 Å². The second kappa shape index (κ2) is 7.19. The molecule has 0 aliphatic rings. The van der Waals surface area contributed by atoms with Gasteiger partial charge in [0.25, 0.3) is 10.0 Å². The van der Waals surface area contributed by atoms with Gasteiger partial charge in [0.2, 0.25) is 0 Å². The highest BCUT2D eigenvalue weighted by atomic mass is 32.2. The average molecular weight is 309 g/mol. The first-order chi connectivity index (χ1) is 10.1. The Labute approximate surface area is 124 Å². The minimum atomic E-state index is -3.63. The predicted octanol–water partition coefficient (Wildman–Crippen LogP) is 1.08. The van der Waals surface area contributed by atoms with Crippen LogP contribution in [0.2, 0.25) is 0 Å². The zero-order chi connectivity index (χ0) is 15.1. The maximum atomic E-state index is 12.3. The molecule has 8 heteroatoms. The van der Waals surface area contributed by atoms with Crippen LogP contribution in [0.4, 0.5) is 5.69 Å². The Morgan fingerprint density at radius 1 is 1.29 bits per heavy atom. The van der Waals surface area contributed by atoms with Crippen LogP contribution in [0.5, 0.6) is 0 Å². The van der Waals surface area contributed by atoms with Gasteiger partial charge in [-0.25, -0.2) is 23.1 Å². The number of imidazole rings is 1. The highest BCUT2D eigenvalue weighted by Crippen LogP contribution is 2.17. The molecule has 0 aliphatic carbocycles. The molecule has 2 N–H and O–H groups in total. The van der Waals surface area contributed by atoms with Crippen molar-refractivity contribution in [2.45, 2.75) is 24.9 Å². The van der Waals surface area contributed by atoms with E-state index in [1.807, 2.05) is 6.92 Å². The molecular formula is C13H19N5O2S. The van der Waals surface area contributed by atoms with Gasteiger partial charge in [-0.3, -0.25) is 0 Å². The van der Waals surface area contributed by atoms with Crippen molar-refractivity contribution >= 4 is 15.7 Å². The monoisotopic (exact) mass is 309 g/mol. The van der Waals surface area contributed by atoms with Gasteiger partial charge in [0, 0.05) is 38.2 Å². The molecule has 0 fully saturated rings. The van der Waals surface area contributed by atoms with E-state index in [9.17, 15) is 8.42 Å². The summed E-state index contributed by atoms with van der Waals surface area (Å²) in [6.45, 7) is 3.51. The van der Waals surface area contributed by atoms with E-state index in [0.717, 1.165) is 6.42 Å². The van der Waals surface area contributed by atoms with Gasteiger partial charge in [0.1, 0.15) is 0 Å². The molecular weight excluding hydrogens is 290 g/mol. The van der Waals surface area contributed by atoms with Gasteiger partial charge in [0.15, 0.2) is 5.03 Å². The first-order valence-electron chi connectivity index (χ1n) is 6.78. The molecule has 0 radical (unpaired) electrons. The van der Waals surface area contributed by atoms with Crippen molar-refractivity contribution in [2.24, 2.45) is 0 Å². The summed E-state index contributed by atoms with van der Waals surface area (Å²) in [5.41, 5.74) is 0.523. The molecule has 0 atom stereocenters. The van der Waals surface area contributed by atoms with E-state index in [4.69, 9.17) is 0 Å². The fourth-order valence-corrected chi connectivity index (χ4v) is 2.92. The number of aromatic nitrogens is 3. The van der Waals surface area contributed by atoms with Crippen LogP contribution in [0.3, 0.4) is 0 Å². The van der Waals surface area contributed by atoms with Gasteiger partial charge in [-0.2, -0.15) is 0 Å². The molecule has 0 saturated heterocycles. The van der Waals surface area contributed by atoms with Crippen LogP contribution >= 0.6 is 0 Å². The molecule has 0 aromatic carbocycles. The molecule has 2 heterocycles. The predicted molar refractivity (Wildman–Crippen MR) is 80.4 cm³/mol. The minimum Gasteiger partial charge on any atom is -0.383 e. The molecule has 114 valence electrons. The lowest BCUT2D eigenvalue weighted by Crippen LogP contribution is -2.28. The van der Waals surface area contributed by atoms with Gasteiger partial charge >= 0.3 is 0 Å². The number of hydrogen-bond acceptors (Lipinski definition) is 5. The second-order valence-corrected chi connectivity index (χ2v) is 6.16. The number of sulfonamides is 1. The van der Waals surface area contributed by atoms with E-state index in [1.165, 1.54) is 6.20 Å². The number of anilines is 1. The SMILES string of the molecule is CCCNc1cccnc1S(=O)(=O)NCCn1ccnc1. The van der Waals surface area contributed by atoms with Crippen molar-refractivity contribution < 1.29 is 8.42 Å². The van der Waals surface area contributed by atoms with Crippen molar-refractivity contribution in [1.29, 1.82) is 0 Å². The topological polar surface area (TPSA) is 88.9 Å². The van der Waals surface area contributed by atoms with Gasteiger partial charge in [-0.05, 0) is 18.6 Å². The van der Waals surface area contributed by atoms with Crippen molar-refractivity contribution in [3.05, 3.63) is 37.1 Å². The Morgan fingerprint density at radius 2 is 2.14 bits per heavy atom. The summed E-state index contributed by atoms with van der Waals surface area (Å²) in [5, 5.41) is 3.11. The number of nitrogens with one attached hydrogen (secondary N) is 2. The van der Waals surface area contributed by atoms with Gasteiger partial charge in [-0.15, -0.1) is 0 Å². The maximum Gasteiger partial charge on any atom is 0.260 e. The van der Waals surface area contributed by atoms with Crippen molar-refractivity contribution in [2.75, 3.05) is 18.4 Å². The van der Waals surface area contributed by atoms with Crippen molar-refractivity contribution in [3.8, 4) is 0 Å². The fourth-order valence-electron chi connectivity index (χ4n) is 1.80. The molecule has 2 aromatic heterocycles. The lowest BCUT2D eigenvalue weighted by molar-refractivity contribution is 0.569. The molecule has 0 spiro atoms. The molecule has 0 aliphatic heterocycles. The zero-order valence-electron chi connectivity index (χ0n) is 11.9. The average Bonchev–Trinajstić information content (AvgIpc) is 2.98. The molecule has 7 nitrogen and oxygen atoms in total. The van der Waals surface area contributed by atoms with Crippen LogP contribution in [0.1, 0.15) is 13.3 Å². The zero-order valence-corrected chi connectivity index (χ0v) is 12.7. The lowest BCUT2D eigenvalue weighted by atomic mass is 10.4. The quantitative estimate of drug-likeness (QED) is 0.761. The fraction of sp³-hybridized carbons (Fsp3) is 0.385. The highest BCUT2D eigenvalue weighted by molar-refractivity contribution is 7.89.